The highest BCUT2D eigenvalue weighted by atomic mass is 79.9. The van der Waals surface area contributed by atoms with Crippen molar-refractivity contribution in [1.29, 1.82) is 0 Å². The van der Waals surface area contributed by atoms with Gasteiger partial charge in [-0.05, 0) is 215 Å². The normalized spacial score (nSPS) is 14.2. The summed E-state index contributed by atoms with van der Waals surface area (Å²) >= 11 is 3.45. The molecule has 8 atom stereocenters. The smallest absolute Gasteiger partial charge is 0.105 e. The Morgan fingerprint density at radius 2 is 0.478 bits per heavy atom. The Morgan fingerprint density at radius 3 is 0.696 bits per heavy atom. The van der Waals surface area contributed by atoms with Crippen LogP contribution >= 0.6 is 15.9 Å². The van der Waals surface area contributed by atoms with Gasteiger partial charge in [-0.2, -0.15) is 0 Å². The fourth-order valence-corrected chi connectivity index (χ4v) is 12.7. The molecule has 0 aromatic heterocycles. The van der Waals surface area contributed by atoms with Gasteiger partial charge in [0.05, 0.1) is 171 Å². The Hall–Kier alpha value is -5.34. The van der Waals surface area contributed by atoms with Crippen LogP contribution < -0.4 is 0 Å². The third kappa shape index (κ3) is 41.5. The first-order chi connectivity index (χ1) is 55.0. The molecule has 0 bridgehead atoms. The summed E-state index contributed by atoms with van der Waals surface area (Å²) in [7, 11) is 0. The van der Waals surface area contributed by atoms with E-state index in [1.807, 2.05) is 0 Å². The van der Waals surface area contributed by atoms with E-state index in [0.717, 1.165) is 29.5 Å². The van der Waals surface area contributed by atoms with E-state index in [4.69, 9.17) is 56.8 Å². The molecule has 5 aromatic carbocycles. The van der Waals surface area contributed by atoms with Crippen LogP contribution in [0.25, 0.3) is 0 Å². The number of benzene rings is 5. The number of halogens is 1. The van der Waals surface area contributed by atoms with Crippen molar-refractivity contribution in [2.24, 2.45) is 0 Å². The van der Waals surface area contributed by atoms with Crippen molar-refractivity contribution >= 4 is 15.9 Å². The summed E-state index contributed by atoms with van der Waals surface area (Å²) in [5.74, 6) is 0. The molecule has 0 heterocycles. The fraction of sp³-hybridized carbons (Fsp3) is 0.587. The second kappa shape index (κ2) is 59.4. The molecule has 0 radical (unpaired) electrons. The quantitative estimate of drug-likeness (QED) is 0.0102. The van der Waals surface area contributed by atoms with Crippen LogP contribution in [0, 0.1) is 104 Å². The average molecular weight is 1680 g/mol. The van der Waals surface area contributed by atoms with Crippen LogP contribution in [-0.4, -0.2) is 270 Å². The van der Waals surface area contributed by atoms with E-state index in [9.17, 15) is 40.9 Å². The molecule has 0 spiro atoms. The maximum Gasteiger partial charge on any atom is 0.105 e. The summed E-state index contributed by atoms with van der Waals surface area (Å²) in [6.07, 6.45) is 0.761. The lowest BCUT2D eigenvalue weighted by atomic mass is 9.98. The number of aryl methyl sites for hydroxylation is 10. The first-order valence-corrected chi connectivity index (χ1v) is 41.2. The number of alkyl halides is 1. The van der Waals surface area contributed by atoms with Gasteiger partial charge in [0.25, 0.3) is 0 Å². The lowest BCUT2D eigenvalue weighted by Gasteiger charge is -2.33. The van der Waals surface area contributed by atoms with E-state index in [1.165, 1.54) is 100 Å². The number of nitrogens with zero attached hydrogens (tertiary/aromatic N) is 2. The number of hydrogen-bond acceptors (Lipinski definition) is 22. The second-order valence-electron chi connectivity index (χ2n) is 30.1. The minimum Gasteiger partial charge on any atom is -0.394 e. The van der Waals surface area contributed by atoms with Crippen molar-refractivity contribution in [3.63, 3.8) is 0 Å². The molecule has 8 N–H and O–H groups in total. The van der Waals surface area contributed by atoms with Crippen molar-refractivity contribution in [1.82, 2.24) is 9.80 Å². The van der Waals surface area contributed by atoms with E-state index >= 15 is 0 Å². The molecule has 5 aromatic rings. The Labute approximate surface area is 697 Å². The fourth-order valence-electron chi connectivity index (χ4n) is 12.4. The largest absolute Gasteiger partial charge is 0.394 e. The molecular formula is C92H143BrN2O20. The number of aliphatic hydroxyl groups is 8. The predicted molar refractivity (Wildman–Crippen MR) is 461 cm³/mol. The van der Waals surface area contributed by atoms with Gasteiger partial charge in [-0.1, -0.05) is 101 Å². The van der Waals surface area contributed by atoms with Crippen molar-refractivity contribution < 1.29 is 97.7 Å². The van der Waals surface area contributed by atoms with Gasteiger partial charge in [0.1, 0.15) is 48.8 Å². The van der Waals surface area contributed by atoms with E-state index < -0.39 is 63.1 Å². The highest BCUT2D eigenvalue weighted by molar-refractivity contribution is 9.08. The van der Waals surface area contributed by atoms with E-state index in [0.29, 0.717) is 79.2 Å². The van der Waals surface area contributed by atoms with Crippen molar-refractivity contribution in [3.8, 4) is 0 Å². The SMILES string of the molecule is C=CCOCC(COCC(COCC(COCC=C)OCC=C)N(Cc1cc(C)c(C)c(C)c1)Cc1cc(C)c(C)c(C)c1)OCC=C.Cc1cc(CBr)cc(C)c1C.Cc1cc(CN(Cc2cc(C)c(C)c(C)c2)C(COCC(COCC(O)CO)OCC(O)CO)COCC(COCC(O)CO)OCC(O)CO)cc(C)c1C. The summed E-state index contributed by atoms with van der Waals surface area (Å²) in [5.41, 5.74) is 25.3. The molecule has 0 aliphatic heterocycles. The number of aliphatic hydroxyl groups excluding tert-OH is 8. The van der Waals surface area contributed by atoms with Crippen LogP contribution in [0.15, 0.2) is 111 Å². The highest BCUT2D eigenvalue weighted by Crippen LogP contribution is 2.26. The van der Waals surface area contributed by atoms with Crippen LogP contribution in [0.5, 0.6) is 0 Å². The zero-order chi connectivity index (χ0) is 85.4. The molecule has 0 saturated carbocycles. The third-order valence-corrected chi connectivity index (χ3v) is 20.9. The van der Waals surface area contributed by atoms with Crippen molar-refractivity contribution in [3.05, 3.63) is 223 Å². The van der Waals surface area contributed by atoms with Gasteiger partial charge in [-0.15, -0.1) is 26.3 Å². The molecule has 22 nitrogen and oxygen atoms in total. The van der Waals surface area contributed by atoms with E-state index in [2.05, 4.69) is 217 Å². The molecule has 5 rings (SSSR count). The minimum absolute atomic E-state index is 0.00633. The van der Waals surface area contributed by atoms with Crippen LogP contribution in [0.1, 0.15) is 111 Å². The highest BCUT2D eigenvalue weighted by Gasteiger charge is 2.27. The number of hydrogen-bond donors (Lipinski definition) is 8. The lowest BCUT2D eigenvalue weighted by Crippen LogP contribution is -2.43. The lowest BCUT2D eigenvalue weighted by molar-refractivity contribution is -0.113. The summed E-state index contributed by atoms with van der Waals surface area (Å²) in [6, 6.07) is 22.0. The number of rotatable bonds is 59. The molecular weight excluding hydrogens is 1530 g/mol. The molecule has 115 heavy (non-hydrogen) atoms. The molecule has 0 aliphatic carbocycles. The molecule has 0 aliphatic rings. The van der Waals surface area contributed by atoms with Gasteiger partial charge in [0, 0.05) is 31.5 Å². The standard InChI is InChI=1S/C41H69NO14.C41H61NO6.C10H13Br/c1-27-7-33(8-28(2)31(27)5)11-42(12-34-9-29(3)32(6)30(4)10-34)35(17-51-23-40(55-21-38(49)15-45)25-53-19-36(47)13-43)18-52-24-41(56-22-39(50)16-46)26-54-20-37(48)14-44;1-11-15-43-27-40(47-17-13-3)29-45-25-39(26-46-30-41(48-18-14-4)28-44-16-12-2)42(23-37-19-31(5)35(9)32(6)20-37)24-38-21-33(7)36(10)34(8)22-38;1-7-4-10(6-11)5-8(2)9(7)3/h7-10,35-41,43-50H,11-26H2,1-6H3;11-14,19-22,39-41H,1-4,15-18,23-30H2,5-10H3;4-5H,6H2,1-3H3. The minimum atomic E-state index is -1.11. The van der Waals surface area contributed by atoms with E-state index in [-0.39, 0.29) is 90.4 Å². The van der Waals surface area contributed by atoms with Crippen LogP contribution in [0.2, 0.25) is 0 Å². The predicted octanol–water partition coefficient (Wildman–Crippen LogP) is 11.2. The number of ether oxygens (including phenoxy) is 12. The van der Waals surface area contributed by atoms with Gasteiger partial charge < -0.3 is 97.7 Å². The topological polar surface area (TPSA) is 279 Å². The molecule has 0 fully saturated rings. The molecule has 0 amide bonds. The Morgan fingerprint density at radius 1 is 0.278 bits per heavy atom. The van der Waals surface area contributed by atoms with Gasteiger partial charge in [-0.3, -0.25) is 9.80 Å². The Balaban J connectivity index is 0.000000527. The van der Waals surface area contributed by atoms with Gasteiger partial charge >= 0.3 is 0 Å². The van der Waals surface area contributed by atoms with Gasteiger partial charge in [0.2, 0.25) is 0 Å². The van der Waals surface area contributed by atoms with Gasteiger partial charge in [-0.25, -0.2) is 0 Å². The first kappa shape index (κ1) is 104. The summed E-state index contributed by atoms with van der Waals surface area (Å²) < 4.78 is 71.4. The molecule has 0 saturated heterocycles. The zero-order valence-corrected chi connectivity index (χ0v) is 73.5. The third-order valence-electron chi connectivity index (χ3n) is 20.2. The van der Waals surface area contributed by atoms with Crippen molar-refractivity contribution in [2.75, 3.05) is 159 Å². The summed E-state index contributed by atoms with van der Waals surface area (Å²) in [5, 5.41) is 77.4. The van der Waals surface area contributed by atoms with Gasteiger partial charge in [0.15, 0.2) is 0 Å². The molecule has 8 unspecified atom stereocenters. The van der Waals surface area contributed by atoms with Crippen LogP contribution in [-0.2, 0) is 88.4 Å². The average Bonchev–Trinajstić information content (AvgIpc) is 0.830. The maximum atomic E-state index is 9.93. The molecule has 648 valence electrons. The van der Waals surface area contributed by atoms with Crippen LogP contribution in [0.3, 0.4) is 0 Å². The Bertz CT molecular complexity index is 3250. The maximum absolute atomic E-state index is 9.93. The Kier molecular flexibility index (Phi) is 53.6. The van der Waals surface area contributed by atoms with Crippen molar-refractivity contribution in [2.45, 2.75) is 196 Å². The second-order valence-corrected chi connectivity index (χ2v) is 30.7. The summed E-state index contributed by atoms with van der Waals surface area (Å²) in [6.45, 7) is 51.9. The molecule has 23 heteroatoms. The summed E-state index contributed by atoms with van der Waals surface area (Å²) in [4.78, 5) is 4.75. The monoisotopic (exact) mass is 1670 g/mol. The van der Waals surface area contributed by atoms with E-state index in [1.54, 1.807) is 24.3 Å². The first-order valence-electron chi connectivity index (χ1n) is 40.0. The zero-order valence-electron chi connectivity index (χ0n) is 71.9. The van der Waals surface area contributed by atoms with Crippen LogP contribution in [0.4, 0.5) is 0 Å².